The molecule has 0 aliphatic carbocycles. The average molecular weight is 396 g/mol. The Kier molecular flexibility index (Phi) is 5.55. The highest BCUT2D eigenvalue weighted by atomic mass is 32.1. The van der Waals surface area contributed by atoms with Crippen molar-refractivity contribution in [2.45, 2.75) is 19.4 Å². The minimum atomic E-state index is 0.233. The molecule has 0 amide bonds. The van der Waals surface area contributed by atoms with E-state index in [9.17, 15) is 5.11 Å². The molecule has 4 rings (SSSR count). The van der Waals surface area contributed by atoms with Gasteiger partial charge in [-0.15, -0.1) is 11.3 Å². The molecule has 1 aromatic heterocycles. The molecule has 3 aromatic rings. The number of fused-ring (bicyclic) bond motifs is 1. The second-order valence-corrected chi connectivity index (χ2v) is 8.20. The number of phenols is 1. The molecule has 2 aromatic carbocycles. The molecule has 0 unspecified atom stereocenters. The lowest BCUT2D eigenvalue weighted by atomic mass is 9.98. The topological polar surface area (TPSA) is 41.9 Å². The summed E-state index contributed by atoms with van der Waals surface area (Å²) in [4.78, 5) is 5.10. The maximum atomic E-state index is 9.97. The van der Waals surface area contributed by atoms with Gasteiger partial charge < -0.3 is 14.6 Å². The number of nitrogens with zero attached hydrogens (tertiary/aromatic N) is 1. The molecule has 0 saturated carbocycles. The van der Waals surface area contributed by atoms with Crippen molar-refractivity contribution in [3.05, 3.63) is 64.5 Å². The molecule has 1 N–H and O–H groups in total. The zero-order valence-electron chi connectivity index (χ0n) is 16.3. The molecular weight excluding hydrogens is 370 g/mol. The second kappa shape index (κ2) is 8.25. The lowest BCUT2D eigenvalue weighted by molar-refractivity contribution is 0.256. The minimum Gasteiger partial charge on any atom is -0.504 e. The van der Waals surface area contributed by atoms with Crippen LogP contribution in [0.2, 0.25) is 0 Å². The summed E-state index contributed by atoms with van der Waals surface area (Å²) in [5.41, 5.74) is 3.63. The van der Waals surface area contributed by atoms with Crippen LogP contribution in [0.15, 0.2) is 48.5 Å². The molecule has 28 heavy (non-hydrogen) atoms. The van der Waals surface area contributed by atoms with Gasteiger partial charge in [0, 0.05) is 35.0 Å². The number of ether oxygens (including phenoxy) is 2. The Morgan fingerprint density at radius 1 is 1.00 bits per heavy atom. The Hall–Kier alpha value is -2.50. The minimum absolute atomic E-state index is 0.233. The van der Waals surface area contributed by atoms with E-state index in [1.54, 1.807) is 14.2 Å². The molecule has 0 spiro atoms. The van der Waals surface area contributed by atoms with Crippen LogP contribution in [0.3, 0.4) is 0 Å². The lowest BCUT2D eigenvalue weighted by Gasteiger charge is -2.29. The van der Waals surface area contributed by atoms with E-state index in [2.05, 4.69) is 29.2 Å². The number of methoxy groups -OCH3 is 2. The summed E-state index contributed by atoms with van der Waals surface area (Å²) < 4.78 is 10.8. The molecule has 0 fully saturated rings. The van der Waals surface area contributed by atoms with Gasteiger partial charge in [0.05, 0.1) is 14.2 Å². The zero-order chi connectivity index (χ0) is 19.5. The van der Waals surface area contributed by atoms with E-state index in [0.717, 1.165) is 43.8 Å². The fraction of sp³-hybridized carbons (Fsp3) is 0.304. The highest BCUT2D eigenvalue weighted by Gasteiger charge is 2.19. The van der Waals surface area contributed by atoms with Crippen LogP contribution in [0, 0.1) is 0 Å². The van der Waals surface area contributed by atoms with E-state index in [4.69, 9.17) is 9.47 Å². The first-order valence-electron chi connectivity index (χ1n) is 9.51. The Morgan fingerprint density at radius 2 is 1.82 bits per heavy atom. The molecule has 2 heterocycles. The highest BCUT2D eigenvalue weighted by molar-refractivity contribution is 7.15. The lowest BCUT2D eigenvalue weighted by Crippen LogP contribution is -2.32. The number of hydrogen-bond acceptors (Lipinski definition) is 5. The van der Waals surface area contributed by atoms with Crippen molar-refractivity contribution in [3.63, 3.8) is 0 Å². The zero-order valence-corrected chi connectivity index (χ0v) is 17.1. The third kappa shape index (κ3) is 3.86. The summed E-state index contributed by atoms with van der Waals surface area (Å²) in [6.45, 7) is 2.94. The van der Waals surface area contributed by atoms with Crippen LogP contribution in [0.5, 0.6) is 17.2 Å². The van der Waals surface area contributed by atoms with E-state index in [1.807, 2.05) is 35.6 Å². The molecule has 1 aliphatic rings. The summed E-state index contributed by atoms with van der Waals surface area (Å²) in [7, 11) is 3.31. The molecule has 0 saturated heterocycles. The molecule has 1 aliphatic heterocycles. The molecular formula is C23H25NO3S. The number of para-hydroxylation sites is 1. The SMILES string of the molecule is COc1cc2c(cc1O)CCN(CCc1ccc(-c3ccccc3OC)s1)C2. The van der Waals surface area contributed by atoms with Crippen molar-refractivity contribution in [1.29, 1.82) is 0 Å². The number of thiophene rings is 1. The number of aromatic hydroxyl groups is 1. The third-order valence-corrected chi connectivity index (χ3v) is 6.48. The van der Waals surface area contributed by atoms with Crippen molar-refractivity contribution < 1.29 is 14.6 Å². The Labute approximate surface area is 170 Å². The Balaban J connectivity index is 1.41. The van der Waals surface area contributed by atoms with E-state index in [0.29, 0.717) is 5.75 Å². The predicted octanol–water partition coefficient (Wildman–Crippen LogP) is 4.74. The quantitative estimate of drug-likeness (QED) is 0.655. The van der Waals surface area contributed by atoms with Crippen molar-refractivity contribution in [3.8, 4) is 27.7 Å². The Morgan fingerprint density at radius 3 is 2.64 bits per heavy atom. The van der Waals surface area contributed by atoms with Gasteiger partial charge in [0.25, 0.3) is 0 Å². The van der Waals surface area contributed by atoms with E-state index < -0.39 is 0 Å². The molecule has 146 valence electrons. The molecule has 0 radical (unpaired) electrons. The van der Waals surface area contributed by atoms with Crippen LogP contribution < -0.4 is 9.47 Å². The van der Waals surface area contributed by atoms with E-state index in [1.165, 1.54) is 20.9 Å². The van der Waals surface area contributed by atoms with Gasteiger partial charge in [-0.1, -0.05) is 12.1 Å². The summed E-state index contributed by atoms with van der Waals surface area (Å²) in [5.74, 6) is 1.71. The van der Waals surface area contributed by atoms with Crippen molar-refractivity contribution >= 4 is 11.3 Å². The van der Waals surface area contributed by atoms with Gasteiger partial charge >= 0.3 is 0 Å². The van der Waals surface area contributed by atoms with Gasteiger partial charge in [0.1, 0.15) is 5.75 Å². The van der Waals surface area contributed by atoms with Crippen molar-refractivity contribution in [2.24, 2.45) is 0 Å². The average Bonchev–Trinajstić information content (AvgIpc) is 3.20. The van der Waals surface area contributed by atoms with Gasteiger partial charge in [-0.2, -0.15) is 0 Å². The summed E-state index contributed by atoms with van der Waals surface area (Å²) in [6, 6.07) is 16.4. The summed E-state index contributed by atoms with van der Waals surface area (Å²) in [6.07, 6.45) is 1.99. The van der Waals surface area contributed by atoms with E-state index >= 15 is 0 Å². The predicted molar refractivity (Wildman–Crippen MR) is 114 cm³/mol. The van der Waals surface area contributed by atoms with Crippen LogP contribution in [0.4, 0.5) is 0 Å². The van der Waals surface area contributed by atoms with E-state index in [-0.39, 0.29) is 5.75 Å². The third-order valence-electron chi connectivity index (χ3n) is 5.30. The fourth-order valence-corrected chi connectivity index (χ4v) is 4.79. The first kappa shape index (κ1) is 18.8. The normalized spacial score (nSPS) is 13.9. The molecule has 5 heteroatoms. The van der Waals surface area contributed by atoms with Crippen molar-refractivity contribution in [2.75, 3.05) is 27.3 Å². The van der Waals surface area contributed by atoms with Crippen molar-refractivity contribution in [1.82, 2.24) is 4.90 Å². The molecule has 4 nitrogen and oxygen atoms in total. The number of hydrogen-bond donors (Lipinski definition) is 1. The van der Waals surface area contributed by atoms with Gasteiger partial charge in [0.2, 0.25) is 0 Å². The largest absolute Gasteiger partial charge is 0.504 e. The Bertz CT molecular complexity index is 966. The van der Waals surface area contributed by atoms with Crippen LogP contribution in [-0.2, 0) is 19.4 Å². The fourth-order valence-electron chi connectivity index (χ4n) is 3.76. The van der Waals surface area contributed by atoms with Gasteiger partial charge in [-0.05, 0) is 60.4 Å². The van der Waals surface area contributed by atoms with Crippen LogP contribution in [0.25, 0.3) is 10.4 Å². The summed E-state index contributed by atoms with van der Waals surface area (Å²) >= 11 is 1.84. The second-order valence-electron chi connectivity index (χ2n) is 7.04. The monoisotopic (exact) mass is 395 g/mol. The van der Waals surface area contributed by atoms with Gasteiger partial charge in [0.15, 0.2) is 11.5 Å². The first-order chi connectivity index (χ1) is 13.7. The standard InChI is InChI=1S/C23H25NO3S/c1-26-21-6-4-3-5-19(21)23-8-7-18(28-23)10-12-24-11-9-16-13-20(25)22(27-2)14-17(16)15-24/h3-8,13-14,25H,9-12,15H2,1-2H3. The molecule has 0 atom stereocenters. The van der Waals surface area contributed by atoms with Crippen LogP contribution in [0.1, 0.15) is 16.0 Å². The number of rotatable bonds is 6. The van der Waals surface area contributed by atoms with Crippen LogP contribution in [-0.4, -0.2) is 37.3 Å². The van der Waals surface area contributed by atoms with Gasteiger partial charge in [-0.3, -0.25) is 4.90 Å². The highest BCUT2D eigenvalue weighted by Crippen LogP contribution is 2.35. The summed E-state index contributed by atoms with van der Waals surface area (Å²) in [5, 5.41) is 9.97. The smallest absolute Gasteiger partial charge is 0.160 e. The van der Waals surface area contributed by atoms with Gasteiger partial charge in [-0.25, -0.2) is 0 Å². The number of benzene rings is 2. The number of phenolic OH excluding ortho intramolecular Hbond substituents is 1. The maximum Gasteiger partial charge on any atom is 0.160 e. The maximum absolute atomic E-state index is 9.97. The van der Waals surface area contributed by atoms with Crippen LogP contribution >= 0.6 is 11.3 Å². The first-order valence-corrected chi connectivity index (χ1v) is 10.3. The molecule has 0 bridgehead atoms.